The molecule has 4 nitrogen and oxygen atoms in total. The summed E-state index contributed by atoms with van der Waals surface area (Å²) >= 11 is 1.47. The molecule has 106 valence electrons. The Kier molecular flexibility index (Phi) is 4.39. The number of thiophene rings is 1. The molecule has 0 aliphatic rings. The van der Waals surface area contributed by atoms with Gasteiger partial charge in [-0.1, -0.05) is 18.2 Å². The minimum absolute atomic E-state index is 0.0623. The van der Waals surface area contributed by atoms with E-state index in [9.17, 15) is 9.59 Å². The van der Waals surface area contributed by atoms with Crippen molar-refractivity contribution in [3.63, 3.8) is 0 Å². The SMILES string of the molecule is Cc1c(C(=O)NC(C)CCC(=O)O)sc2ccccc12. The minimum Gasteiger partial charge on any atom is -0.481 e. The number of fused-ring (bicyclic) bond motifs is 1. The lowest BCUT2D eigenvalue weighted by atomic mass is 10.1. The number of carbonyl (C=O) groups is 2. The molecule has 0 fully saturated rings. The molecule has 0 spiro atoms. The lowest BCUT2D eigenvalue weighted by Gasteiger charge is -2.12. The average molecular weight is 291 g/mol. The highest BCUT2D eigenvalue weighted by Crippen LogP contribution is 2.30. The Morgan fingerprint density at radius 3 is 2.70 bits per heavy atom. The maximum atomic E-state index is 12.2. The number of aryl methyl sites for hydroxylation is 1. The van der Waals surface area contributed by atoms with Crippen molar-refractivity contribution >= 4 is 33.3 Å². The van der Waals surface area contributed by atoms with Gasteiger partial charge in [-0.3, -0.25) is 9.59 Å². The molecule has 0 aliphatic heterocycles. The van der Waals surface area contributed by atoms with Crippen molar-refractivity contribution in [1.29, 1.82) is 0 Å². The van der Waals surface area contributed by atoms with Crippen LogP contribution in [0, 0.1) is 6.92 Å². The first-order valence-electron chi connectivity index (χ1n) is 6.50. The molecule has 1 aromatic carbocycles. The molecule has 1 amide bonds. The van der Waals surface area contributed by atoms with Gasteiger partial charge in [0.05, 0.1) is 4.88 Å². The van der Waals surface area contributed by atoms with E-state index in [0.717, 1.165) is 15.6 Å². The zero-order chi connectivity index (χ0) is 14.7. The van der Waals surface area contributed by atoms with Gasteiger partial charge < -0.3 is 10.4 Å². The molecule has 2 N–H and O–H groups in total. The van der Waals surface area contributed by atoms with Crippen LogP contribution in [0.4, 0.5) is 0 Å². The van der Waals surface area contributed by atoms with Crippen molar-refractivity contribution in [2.24, 2.45) is 0 Å². The smallest absolute Gasteiger partial charge is 0.303 e. The maximum Gasteiger partial charge on any atom is 0.303 e. The van der Waals surface area contributed by atoms with Crippen LogP contribution in [0.5, 0.6) is 0 Å². The van der Waals surface area contributed by atoms with Crippen LogP contribution in [0.1, 0.15) is 35.0 Å². The minimum atomic E-state index is -0.843. The zero-order valence-electron chi connectivity index (χ0n) is 11.5. The molecule has 0 aliphatic carbocycles. The van der Waals surface area contributed by atoms with E-state index in [1.54, 1.807) is 0 Å². The van der Waals surface area contributed by atoms with Gasteiger partial charge in [-0.2, -0.15) is 0 Å². The Morgan fingerprint density at radius 2 is 2.05 bits per heavy atom. The predicted octanol–water partition coefficient (Wildman–Crippen LogP) is 3.19. The number of hydrogen-bond acceptors (Lipinski definition) is 3. The Bertz CT molecular complexity index is 648. The van der Waals surface area contributed by atoms with E-state index in [1.165, 1.54) is 11.3 Å². The number of nitrogens with one attached hydrogen (secondary N) is 1. The molecule has 20 heavy (non-hydrogen) atoms. The summed E-state index contributed by atoms with van der Waals surface area (Å²) < 4.78 is 1.09. The van der Waals surface area contributed by atoms with Gasteiger partial charge in [0.25, 0.3) is 5.91 Å². The van der Waals surface area contributed by atoms with Gasteiger partial charge >= 0.3 is 5.97 Å². The molecule has 0 bridgehead atoms. The molecule has 2 aromatic rings. The fourth-order valence-corrected chi connectivity index (χ4v) is 3.20. The highest BCUT2D eigenvalue weighted by atomic mass is 32.1. The molecule has 1 unspecified atom stereocenters. The third kappa shape index (κ3) is 3.17. The summed E-state index contributed by atoms with van der Waals surface area (Å²) in [6.07, 6.45) is 0.498. The first kappa shape index (κ1) is 14.5. The molecule has 1 aromatic heterocycles. The van der Waals surface area contributed by atoms with Crippen molar-refractivity contribution < 1.29 is 14.7 Å². The quantitative estimate of drug-likeness (QED) is 0.889. The van der Waals surface area contributed by atoms with Crippen LogP contribution in [0.25, 0.3) is 10.1 Å². The Hall–Kier alpha value is -1.88. The molecule has 0 saturated heterocycles. The lowest BCUT2D eigenvalue weighted by Crippen LogP contribution is -2.32. The molecule has 0 saturated carbocycles. The Balaban J connectivity index is 2.11. The van der Waals surface area contributed by atoms with Crippen LogP contribution in [-0.4, -0.2) is 23.0 Å². The van der Waals surface area contributed by atoms with Crippen LogP contribution in [0.15, 0.2) is 24.3 Å². The topological polar surface area (TPSA) is 66.4 Å². The van der Waals surface area contributed by atoms with Crippen LogP contribution in [0.2, 0.25) is 0 Å². The summed E-state index contributed by atoms with van der Waals surface area (Å²) in [5.74, 6) is -0.967. The van der Waals surface area contributed by atoms with E-state index in [4.69, 9.17) is 5.11 Å². The van der Waals surface area contributed by atoms with Gasteiger partial charge in [0.1, 0.15) is 0 Å². The molecule has 2 rings (SSSR count). The normalized spacial score (nSPS) is 12.3. The summed E-state index contributed by atoms with van der Waals surface area (Å²) in [7, 11) is 0. The molecule has 1 heterocycles. The van der Waals surface area contributed by atoms with Crippen LogP contribution < -0.4 is 5.32 Å². The summed E-state index contributed by atoms with van der Waals surface area (Å²) in [6.45, 7) is 3.76. The molecule has 1 atom stereocenters. The third-order valence-corrected chi connectivity index (χ3v) is 4.49. The second kappa shape index (κ2) is 6.05. The number of aliphatic carboxylic acids is 1. The summed E-state index contributed by atoms with van der Waals surface area (Å²) in [5, 5.41) is 12.6. The first-order valence-corrected chi connectivity index (χ1v) is 7.31. The number of hydrogen-bond donors (Lipinski definition) is 2. The van der Waals surface area contributed by atoms with Crippen LogP contribution >= 0.6 is 11.3 Å². The van der Waals surface area contributed by atoms with E-state index >= 15 is 0 Å². The van der Waals surface area contributed by atoms with Crippen molar-refractivity contribution in [2.75, 3.05) is 0 Å². The molecule has 0 radical (unpaired) electrons. The van der Waals surface area contributed by atoms with Gasteiger partial charge in [0.15, 0.2) is 0 Å². The molecular formula is C15H17NO3S. The Morgan fingerprint density at radius 1 is 1.35 bits per heavy atom. The largest absolute Gasteiger partial charge is 0.481 e. The van der Waals surface area contributed by atoms with Crippen LogP contribution in [0.3, 0.4) is 0 Å². The monoisotopic (exact) mass is 291 g/mol. The summed E-state index contributed by atoms with van der Waals surface area (Å²) in [5.41, 5.74) is 0.980. The number of amides is 1. The first-order chi connectivity index (χ1) is 9.49. The van der Waals surface area contributed by atoms with Gasteiger partial charge in [0.2, 0.25) is 0 Å². The predicted molar refractivity (Wildman–Crippen MR) is 80.4 cm³/mol. The van der Waals surface area contributed by atoms with E-state index in [1.807, 2.05) is 38.1 Å². The van der Waals surface area contributed by atoms with Gasteiger partial charge in [0, 0.05) is 17.2 Å². The molecular weight excluding hydrogens is 274 g/mol. The standard InChI is InChI=1S/C15H17NO3S/c1-9(7-8-13(17)18)16-15(19)14-10(2)11-5-3-4-6-12(11)20-14/h3-6,9H,7-8H2,1-2H3,(H,16,19)(H,17,18). The number of carbonyl (C=O) groups excluding carboxylic acids is 1. The fraction of sp³-hybridized carbons (Fsp3) is 0.333. The highest BCUT2D eigenvalue weighted by Gasteiger charge is 2.17. The van der Waals surface area contributed by atoms with Gasteiger partial charge in [-0.15, -0.1) is 11.3 Å². The van der Waals surface area contributed by atoms with E-state index in [2.05, 4.69) is 5.32 Å². The lowest BCUT2D eigenvalue weighted by molar-refractivity contribution is -0.137. The fourth-order valence-electron chi connectivity index (χ4n) is 2.09. The summed E-state index contributed by atoms with van der Waals surface area (Å²) in [4.78, 5) is 23.5. The highest BCUT2D eigenvalue weighted by molar-refractivity contribution is 7.21. The number of benzene rings is 1. The second-order valence-corrected chi connectivity index (χ2v) is 5.91. The van der Waals surface area contributed by atoms with E-state index < -0.39 is 5.97 Å². The number of carboxylic acids is 1. The Labute approximate surface area is 121 Å². The van der Waals surface area contributed by atoms with Crippen molar-refractivity contribution in [1.82, 2.24) is 5.32 Å². The zero-order valence-corrected chi connectivity index (χ0v) is 12.3. The van der Waals surface area contributed by atoms with Gasteiger partial charge in [-0.25, -0.2) is 0 Å². The number of carboxylic acid groups (broad SMARTS) is 1. The van der Waals surface area contributed by atoms with Crippen molar-refractivity contribution in [2.45, 2.75) is 32.7 Å². The van der Waals surface area contributed by atoms with E-state index in [-0.39, 0.29) is 18.4 Å². The number of rotatable bonds is 5. The van der Waals surface area contributed by atoms with E-state index in [0.29, 0.717) is 11.3 Å². The summed E-state index contributed by atoms with van der Waals surface area (Å²) in [6, 6.07) is 7.76. The maximum absolute atomic E-state index is 12.2. The van der Waals surface area contributed by atoms with Crippen molar-refractivity contribution in [3.05, 3.63) is 34.7 Å². The third-order valence-electron chi connectivity index (χ3n) is 3.22. The van der Waals surface area contributed by atoms with Gasteiger partial charge in [-0.05, 0) is 37.3 Å². The molecule has 5 heteroatoms. The van der Waals surface area contributed by atoms with Crippen molar-refractivity contribution in [3.8, 4) is 0 Å². The second-order valence-electron chi connectivity index (χ2n) is 4.86. The average Bonchev–Trinajstić information content (AvgIpc) is 2.74. The van der Waals surface area contributed by atoms with Crippen LogP contribution in [-0.2, 0) is 4.79 Å².